The van der Waals surface area contributed by atoms with Crippen molar-refractivity contribution in [2.75, 3.05) is 39.4 Å². The van der Waals surface area contributed by atoms with Gasteiger partial charge in [-0.3, -0.25) is 9.69 Å². The highest BCUT2D eigenvalue weighted by atomic mass is 35.5. The number of carbonyl (C=O) groups is 3. The maximum absolute atomic E-state index is 13.3. The minimum absolute atomic E-state index is 0.0101. The number of ether oxygens (including phenoxy) is 2. The quantitative estimate of drug-likeness (QED) is 0.601. The lowest BCUT2D eigenvalue weighted by molar-refractivity contribution is -0.141. The maximum Gasteiger partial charge on any atom is 0.410 e. The van der Waals surface area contributed by atoms with Gasteiger partial charge in [-0.1, -0.05) is 11.6 Å². The summed E-state index contributed by atoms with van der Waals surface area (Å²) >= 11 is 6.49. The van der Waals surface area contributed by atoms with E-state index in [0.717, 1.165) is 23.1 Å². The van der Waals surface area contributed by atoms with E-state index in [0.29, 0.717) is 63.2 Å². The molecule has 3 atom stereocenters. The Bertz CT molecular complexity index is 1010. The number of benzene rings is 1. The Labute approximate surface area is 205 Å². The summed E-state index contributed by atoms with van der Waals surface area (Å²) in [5.74, 6) is 0.330. The van der Waals surface area contributed by atoms with Crippen LogP contribution in [-0.4, -0.2) is 77.6 Å². The maximum atomic E-state index is 13.3. The van der Waals surface area contributed by atoms with Gasteiger partial charge >= 0.3 is 12.1 Å². The zero-order valence-electron chi connectivity index (χ0n) is 20.0. The number of piperidine rings is 2. The summed E-state index contributed by atoms with van der Waals surface area (Å²) in [5.41, 5.74) is 2.42. The number of hydrogen-bond acceptors (Lipinski definition) is 5. The van der Waals surface area contributed by atoms with E-state index in [1.54, 1.807) is 4.90 Å². The van der Waals surface area contributed by atoms with E-state index in [-0.39, 0.29) is 30.0 Å². The van der Waals surface area contributed by atoms with Crippen molar-refractivity contribution < 1.29 is 23.9 Å². The molecule has 0 radical (unpaired) electrons. The molecule has 0 spiro atoms. The van der Waals surface area contributed by atoms with Gasteiger partial charge in [0.05, 0.1) is 19.3 Å². The van der Waals surface area contributed by atoms with Crippen LogP contribution in [0.1, 0.15) is 49.9 Å². The van der Waals surface area contributed by atoms with Gasteiger partial charge in [-0.25, -0.2) is 9.59 Å². The van der Waals surface area contributed by atoms with Crippen LogP contribution in [0.5, 0.6) is 0 Å². The number of ketones is 1. The number of amides is 3. The zero-order chi connectivity index (χ0) is 24.2. The highest BCUT2D eigenvalue weighted by Crippen LogP contribution is 2.38. The number of halogens is 1. The first-order chi connectivity index (χ1) is 16.1. The Morgan fingerprint density at radius 1 is 1.12 bits per heavy atom. The molecule has 34 heavy (non-hydrogen) atoms. The standard InChI is InChI=1S/C25H32ClN3O5/c1-25(2,3)34-24(32)29-6-7-33-14-21(29)19-10-18(26)9-15-4-5-27(13-20(15)19)23(31)28-11-16-8-17(12-28)22(16)30/h9-10,16-17,21H,4-8,11-14H2,1-3H3/t16?,17?,21-/m0/s1. The smallest absolute Gasteiger partial charge is 0.410 e. The fourth-order valence-corrected chi connectivity index (χ4v) is 5.81. The van der Waals surface area contributed by atoms with Gasteiger partial charge in [0.2, 0.25) is 0 Å². The highest BCUT2D eigenvalue weighted by Gasteiger charge is 2.47. The van der Waals surface area contributed by atoms with Crippen molar-refractivity contribution >= 4 is 29.5 Å². The molecular weight excluding hydrogens is 458 g/mol. The van der Waals surface area contributed by atoms with Crippen molar-refractivity contribution in [1.29, 1.82) is 0 Å². The number of nitrogens with zero attached hydrogens (tertiary/aromatic N) is 3. The number of morpholine rings is 1. The molecular formula is C25H32ClN3O5. The molecule has 5 aliphatic rings. The van der Waals surface area contributed by atoms with Gasteiger partial charge < -0.3 is 19.3 Å². The third kappa shape index (κ3) is 4.38. The third-order valence-electron chi connectivity index (χ3n) is 7.25. The molecule has 1 aromatic rings. The molecule has 8 nitrogen and oxygen atoms in total. The van der Waals surface area contributed by atoms with Gasteiger partial charge in [-0.05, 0) is 62.4 Å². The molecule has 1 aromatic carbocycles. The van der Waals surface area contributed by atoms with E-state index in [1.807, 2.05) is 42.7 Å². The molecule has 1 aliphatic carbocycles. The summed E-state index contributed by atoms with van der Waals surface area (Å²) < 4.78 is 11.4. The van der Waals surface area contributed by atoms with Crippen LogP contribution in [0.3, 0.4) is 0 Å². The van der Waals surface area contributed by atoms with Crippen LogP contribution in [0.15, 0.2) is 12.1 Å². The van der Waals surface area contributed by atoms with E-state index in [4.69, 9.17) is 21.1 Å². The second-order valence-corrected chi connectivity index (χ2v) is 11.2. The van der Waals surface area contributed by atoms with Gasteiger partial charge in [0.25, 0.3) is 0 Å². The van der Waals surface area contributed by atoms with Crippen molar-refractivity contribution in [1.82, 2.24) is 14.7 Å². The zero-order valence-corrected chi connectivity index (χ0v) is 20.8. The number of hydrogen-bond donors (Lipinski definition) is 0. The first-order valence-electron chi connectivity index (χ1n) is 12.1. The molecule has 0 N–H and O–H groups in total. The number of fused-ring (bicyclic) bond motifs is 3. The van der Waals surface area contributed by atoms with Crippen LogP contribution in [0, 0.1) is 11.8 Å². The summed E-state index contributed by atoms with van der Waals surface area (Å²) in [4.78, 5) is 43.7. The van der Waals surface area contributed by atoms with E-state index in [2.05, 4.69) is 0 Å². The average Bonchev–Trinajstić information content (AvgIpc) is 2.81. The van der Waals surface area contributed by atoms with Crippen LogP contribution < -0.4 is 0 Å². The van der Waals surface area contributed by atoms with Crippen LogP contribution in [0.2, 0.25) is 5.02 Å². The molecule has 2 bridgehead atoms. The average molecular weight is 490 g/mol. The fourth-order valence-electron chi connectivity index (χ4n) is 5.56. The van der Waals surface area contributed by atoms with Gasteiger partial charge in [0, 0.05) is 49.6 Å². The van der Waals surface area contributed by atoms with Crippen LogP contribution in [-0.2, 0) is 27.2 Å². The molecule has 4 fully saturated rings. The van der Waals surface area contributed by atoms with Crippen molar-refractivity contribution in [2.24, 2.45) is 11.8 Å². The van der Waals surface area contributed by atoms with Crippen LogP contribution in [0.4, 0.5) is 9.59 Å². The van der Waals surface area contributed by atoms with Crippen molar-refractivity contribution in [3.8, 4) is 0 Å². The van der Waals surface area contributed by atoms with Crippen LogP contribution in [0.25, 0.3) is 0 Å². The molecule has 3 saturated heterocycles. The van der Waals surface area contributed by atoms with Crippen molar-refractivity contribution in [2.45, 2.75) is 51.8 Å². The van der Waals surface area contributed by atoms with Gasteiger partial charge in [-0.2, -0.15) is 0 Å². The Morgan fingerprint density at radius 2 is 1.85 bits per heavy atom. The first-order valence-corrected chi connectivity index (χ1v) is 12.4. The summed E-state index contributed by atoms with van der Waals surface area (Å²) in [6.07, 6.45) is 1.22. The predicted molar refractivity (Wildman–Crippen MR) is 126 cm³/mol. The lowest BCUT2D eigenvalue weighted by Gasteiger charge is -2.47. The Hall–Kier alpha value is -2.32. The molecule has 4 aliphatic heterocycles. The van der Waals surface area contributed by atoms with E-state index >= 15 is 0 Å². The summed E-state index contributed by atoms with van der Waals surface area (Å²) in [7, 11) is 0. The Morgan fingerprint density at radius 3 is 2.53 bits per heavy atom. The fraction of sp³-hybridized carbons (Fsp3) is 0.640. The minimum Gasteiger partial charge on any atom is -0.444 e. The normalized spacial score (nSPS) is 26.6. The van der Waals surface area contributed by atoms with Gasteiger partial charge in [0.15, 0.2) is 0 Å². The molecule has 6 rings (SSSR count). The number of rotatable bonds is 1. The molecule has 184 valence electrons. The molecule has 3 amide bonds. The van der Waals surface area contributed by atoms with Gasteiger partial charge in [0.1, 0.15) is 11.4 Å². The first kappa shape index (κ1) is 23.4. The second-order valence-electron chi connectivity index (χ2n) is 10.8. The van der Waals surface area contributed by atoms with Crippen molar-refractivity contribution in [3.05, 3.63) is 33.8 Å². The summed E-state index contributed by atoms with van der Waals surface area (Å²) in [5, 5.41) is 0.609. The molecule has 1 saturated carbocycles. The molecule has 0 aromatic heterocycles. The van der Waals surface area contributed by atoms with E-state index < -0.39 is 5.60 Å². The SMILES string of the molecule is CC(C)(C)OC(=O)N1CCOC[C@H]1c1cc(Cl)cc2c1CN(C(=O)N1CC3CC(C1)C3=O)CC2. The van der Waals surface area contributed by atoms with Crippen molar-refractivity contribution in [3.63, 3.8) is 0 Å². The molecule has 4 heterocycles. The topological polar surface area (TPSA) is 79.4 Å². The van der Waals surface area contributed by atoms with E-state index in [1.165, 1.54) is 0 Å². The van der Waals surface area contributed by atoms with E-state index in [9.17, 15) is 14.4 Å². The highest BCUT2D eigenvalue weighted by molar-refractivity contribution is 6.30. The summed E-state index contributed by atoms with van der Waals surface area (Å²) in [6, 6.07) is 3.49. The number of carbonyl (C=O) groups excluding carboxylic acids is 3. The Kier molecular flexibility index (Phi) is 6.01. The predicted octanol–water partition coefficient (Wildman–Crippen LogP) is 3.65. The number of urea groups is 1. The lowest BCUT2D eigenvalue weighted by atomic mass is 9.70. The van der Waals surface area contributed by atoms with Crippen LogP contribution >= 0.6 is 11.6 Å². The Balaban J connectivity index is 1.39. The number of Topliss-reactive ketones (excluding diaryl/α,β-unsaturated/α-hetero) is 1. The largest absolute Gasteiger partial charge is 0.444 e. The summed E-state index contributed by atoms with van der Waals surface area (Å²) in [6.45, 7) is 8.85. The molecule has 2 unspecified atom stereocenters. The monoisotopic (exact) mass is 489 g/mol. The molecule has 9 heteroatoms. The van der Waals surface area contributed by atoms with Gasteiger partial charge in [-0.15, -0.1) is 0 Å². The lowest BCUT2D eigenvalue weighted by Crippen LogP contribution is -2.60. The minimum atomic E-state index is -0.604. The third-order valence-corrected chi connectivity index (χ3v) is 7.47. The second kappa shape index (κ2) is 8.72.